The van der Waals surface area contributed by atoms with E-state index in [9.17, 15) is 13.2 Å². The molecular formula is C12H17N3O4S. The van der Waals surface area contributed by atoms with Crippen LogP contribution in [0.1, 0.15) is 37.2 Å². The number of aromatic carboxylic acids is 1. The SMILES string of the molecule is CCC(CC#N)NS(=O)(=O)c1cc(C(=O)O)n(CC)c1. The number of rotatable bonds is 7. The number of nitrogens with zero attached hydrogens (tertiary/aromatic N) is 2. The monoisotopic (exact) mass is 299 g/mol. The summed E-state index contributed by atoms with van der Waals surface area (Å²) in [4.78, 5) is 10.9. The first-order valence-corrected chi connectivity index (χ1v) is 7.66. The number of aromatic nitrogens is 1. The van der Waals surface area contributed by atoms with Crippen LogP contribution in [0.25, 0.3) is 0 Å². The van der Waals surface area contributed by atoms with Crippen molar-refractivity contribution in [3.63, 3.8) is 0 Å². The zero-order chi connectivity index (χ0) is 15.3. The topological polar surface area (TPSA) is 112 Å². The Hall–Kier alpha value is -1.85. The Kier molecular flexibility index (Phi) is 5.30. The molecule has 0 aliphatic carbocycles. The molecule has 1 atom stereocenters. The Morgan fingerprint density at radius 2 is 2.20 bits per heavy atom. The van der Waals surface area contributed by atoms with Gasteiger partial charge < -0.3 is 9.67 Å². The van der Waals surface area contributed by atoms with E-state index in [-0.39, 0.29) is 17.0 Å². The number of nitriles is 1. The van der Waals surface area contributed by atoms with Gasteiger partial charge in [-0.3, -0.25) is 0 Å². The molecule has 0 radical (unpaired) electrons. The molecule has 0 saturated carbocycles. The van der Waals surface area contributed by atoms with Crippen LogP contribution in [0.4, 0.5) is 0 Å². The van der Waals surface area contributed by atoms with Crippen molar-refractivity contribution in [2.75, 3.05) is 0 Å². The van der Waals surface area contributed by atoms with Gasteiger partial charge in [0.2, 0.25) is 10.0 Å². The van der Waals surface area contributed by atoms with E-state index < -0.39 is 22.0 Å². The first-order chi connectivity index (χ1) is 9.35. The number of hydrogen-bond donors (Lipinski definition) is 2. The van der Waals surface area contributed by atoms with Crippen LogP contribution in [-0.2, 0) is 16.6 Å². The number of carboxylic acids is 1. The van der Waals surface area contributed by atoms with Gasteiger partial charge in [-0.25, -0.2) is 17.9 Å². The molecule has 0 amide bonds. The third-order valence-electron chi connectivity index (χ3n) is 2.89. The summed E-state index contributed by atoms with van der Waals surface area (Å²) < 4.78 is 28.1. The fourth-order valence-corrected chi connectivity index (χ4v) is 3.10. The van der Waals surface area contributed by atoms with E-state index in [2.05, 4.69) is 4.72 Å². The molecule has 1 rings (SSSR count). The van der Waals surface area contributed by atoms with Crippen molar-refractivity contribution in [3.8, 4) is 6.07 Å². The molecule has 0 fully saturated rings. The molecule has 0 saturated heterocycles. The number of sulfonamides is 1. The summed E-state index contributed by atoms with van der Waals surface area (Å²) in [5.41, 5.74) is -0.0822. The summed E-state index contributed by atoms with van der Waals surface area (Å²) in [6.45, 7) is 3.85. The summed E-state index contributed by atoms with van der Waals surface area (Å²) in [6.07, 6.45) is 1.83. The van der Waals surface area contributed by atoms with Crippen LogP contribution in [0.5, 0.6) is 0 Å². The van der Waals surface area contributed by atoms with E-state index in [4.69, 9.17) is 10.4 Å². The fourth-order valence-electron chi connectivity index (χ4n) is 1.74. The predicted octanol–water partition coefficient (Wildman–Crippen LogP) is 1.18. The number of nitrogens with one attached hydrogen (secondary N) is 1. The highest BCUT2D eigenvalue weighted by molar-refractivity contribution is 7.89. The second-order valence-electron chi connectivity index (χ2n) is 4.24. The van der Waals surface area contributed by atoms with E-state index in [0.717, 1.165) is 6.07 Å². The summed E-state index contributed by atoms with van der Waals surface area (Å²) in [7, 11) is -3.82. The number of carbonyl (C=O) groups is 1. The second-order valence-corrected chi connectivity index (χ2v) is 5.95. The summed E-state index contributed by atoms with van der Waals surface area (Å²) in [5, 5.41) is 17.6. The van der Waals surface area contributed by atoms with Gasteiger partial charge in [-0.05, 0) is 19.4 Å². The van der Waals surface area contributed by atoms with Gasteiger partial charge in [0, 0.05) is 18.8 Å². The Morgan fingerprint density at radius 1 is 1.55 bits per heavy atom. The summed E-state index contributed by atoms with van der Waals surface area (Å²) in [6, 6.07) is 2.55. The van der Waals surface area contributed by atoms with Crippen molar-refractivity contribution < 1.29 is 18.3 Å². The Morgan fingerprint density at radius 3 is 2.60 bits per heavy atom. The summed E-state index contributed by atoms with van der Waals surface area (Å²) in [5.74, 6) is -1.18. The molecule has 8 heteroatoms. The number of aryl methyl sites for hydroxylation is 1. The molecule has 1 aromatic heterocycles. The van der Waals surface area contributed by atoms with E-state index in [0.29, 0.717) is 13.0 Å². The minimum atomic E-state index is -3.82. The zero-order valence-corrected chi connectivity index (χ0v) is 12.1. The number of hydrogen-bond acceptors (Lipinski definition) is 4. The lowest BCUT2D eigenvalue weighted by Gasteiger charge is -2.12. The molecular weight excluding hydrogens is 282 g/mol. The van der Waals surface area contributed by atoms with Gasteiger partial charge in [-0.1, -0.05) is 6.92 Å². The van der Waals surface area contributed by atoms with E-state index in [1.807, 2.05) is 6.07 Å². The van der Waals surface area contributed by atoms with Gasteiger partial charge in [0.25, 0.3) is 0 Å². The highest BCUT2D eigenvalue weighted by Gasteiger charge is 2.23. The van der Waals surface area contributed by atoms with Gasteiger partial charge >= 0.3 is 5.97 Å². The smallest absolute Gasteiger partial charge is 0.352 e. The Bertz CT molecular complexity index is 628. The molecule has 0 spiro atoms. The maximum atomic E-state index is 12.2. The molecule has 20 heavy (non-hydrogen) atoms. The fraction of sp³-hybridized carbons (Fsp3) is 0.500. The average Bonchev–Trinajstić information content (AvgIpc) is 2.83. The van der Waals surface area contributed by atoms with Crippen LogP contribution in [0.15, 0.2) is 17.2 Å². The average molecular weight is 299 g/mol. The molecule has 1 heterocycles. The molecule has 2 N–H and O–H groups in total. The molecule has 0 aliphatic heterocycles. The highest BCUT2D eigenvalue weighted by atomic mass is 32.2. The van der Waals surface area contributed by atoms with Gasteiger partial charge in [-0.15, -0.1) is 0 Å². The number of carboxylic acid groups (broad SMARTS) is 1. The van der Waals surface area contributed by atoms with Gasteiger partial charge in [0.1, 0.15) is 10.6 Å². The highest BCUT2D eigenvalue weighted by Crippen LogP contribution is 2.16. The largest absolute Gasteiger partial charge is 0.477 e. The Balaban J connectivity index is 3.10. The van der Waals surface area contributed by atoms with Gasteiger partial charge in [0.05, 0.1) is 12.5 Å². The summed E-state index contributed by atoms with van der Waals surface area (Å²) >= 11 is 0. The van der Waals surface area contributed by atoms with Crippen molar-refractivity contribution in [2.24, 2.45) is 0 Å². The maximum absolute atomic E-state index is 12.2. The molecule has 0 aliphatic rings. The molecule has 110 valence electrons. The predicted molar refractivity (Wildman–Crippen MR) is 71.7 cm³/mol. The molecule has 7 nitrogen and oxygen atoms in total. The van der Waals surface area contributed by atoms with Crippen molar-refractivity contribution in [1.29, 1.82) is 5.26 Å². The molecule has 1 aromatic rings. The van der Waals surface area contributed by atoms with Crippen LogP contribution >= 0.6 is 0 Å². The lowest BCUT2D eigenvalue weighted by atomic mass is 10.2. The van der Waals surface area contributed by atoms with Crippen molar-refractivity contribution in [3.05, 3.63) is 18.0 Å². The third kappa shape index (κ3) is 3.59. The van der Waals surface area contributed by atoms with Crippen LogP contribution < -0.4 is 4.72 Å². The van der Waals surface area contributed by atoms with Crippen LogP contribution in [-0.4, -0.2) is 30.1 Å². The normalized spacial score (nSPS) is 12.8. The van der Waals surface area contributed by atoms with Crippen molar-refractivity contribution in [2.45, 2.75) is 44.2 Å². The minimum absolute atomic E-state index is 0.0655. The van der Waals surface area contributed by atoms with Gasteiger partial charge in [-0.2, -0.15) is 5.26 Å². The molecule has 1 unspecified atom stereocenters. The van der Waals surface area contributed by atoms with Crippen LogP contribution in [0, 0.1) is 11.3 Å². The lowest BCUT2D eigenvalue weighted by Crippen LogP contribution is -2.33. The Labute approximate surface area is 117 Å². The molecule has 0 aromatic carbocycles. The van der Waals surface area contributed by atoms with Crippen LogP contribution in [0.2, 0.25) is 0 Å². The van der Waals surface area contributed by atoms with E-state index in [1.54, 1.807) is 13.8 Å². The van der Waals surface area contributed by atoms with Crippen molar-refractivity contribution in [1.82, 2.24) is 9.29 Å². The molecule has 0 bridgehead atoms. The maximum Gasteiger partial charge on any atom is 0.352 e. The first kappa shape index (κ1) is 16.2. The minimum Gasteiger partial charge on any atom is -0.477 e. The van der Waals surface area contributed by atoms with E-state index >= 15 is 0 Å². The first-order valence-electron chi connectivity index (χ1n) is 6.18. The standard InChI is InChI=1S/C12H17N3O4S/c1-3-9(5-6-13)14-20(18,19)10-7-11(12(16)17)15(4-2)8-10/h7-9,14H,3-5H2,1-2H3,(H,16,17). The lowest BCUT2D eigenvalue weighted by molar-refractivity contribution is 0.0685. The van der Waals surface area contributed by atoms with Crippen LogP contribution in [0.3, 0.4) is 0 Å². The van der Waals surface area contributed by atoms with E-state index in [1.165, 1.54) is 10.8 Å². The van der Waals surface area contributed by atoms with Crippen molar-refractivity contribution >= 4 is 16.0 Å². The quantitative estimate of drug-likeness (QED) is 0.785. The third-order valence-corrected chi connectivity index (χ3v) is 4.38. The second kappa shape index (κ2) is 6.54. The van der Waals surface area contributed by atoms with Gasteiger partial charge in [0.15, 0.2) is 0 Å². The zero-order valence-electron chi connectivity index (χ0n) is 11.3.